The second kappa shape index (κ2) is 3.22. The lowest BCUT2D eigenvalue weighted by Gasteiger charge is -2.08. The van der Waals surface area contributed by atoms with E-state index in [1.54, 1.807) is 6.26 Å². The smallest absolute Gasteiger partial charge is 0.320 e. The van der Waals surface area contributed by atoms with Crippen LogP contribution in [-0.4, -0.2) is 17.1 Å². The van der Waals surface area contributed by atoms with Gasteiger partial charge in [0.05, 0.1) is 12.3 Å². The number of rotatable bonds is 2. The maximum Gasteiger partial charge on any atom is 0.320 e. The van der Waals surface area contributed by atoms with Gasteiger partial charge in [-0.05, 0) is 25.0 Å². The predicted molar refractivity (Wildman–Crippen MR) is 45.2 cm³/mol. The van der Waals surface area contributed by atoms with Crippen molar-refractivity contribution < 1.29 is 14.3 Å². The number of carboxylic acid groups (broad SMARTS) is 1. The standard InChI is InChI=1S/C9H11NO3/c11-9(12)7-4-3-6(10-7)8-2-1-5-13-8/h1-2,5-7,10H,3-4H2,(H,11,12). The number of carbonyl (C=O) groups is 1. The monoisotopic (exact) mass is 181 g/mol. The van der Waals surface area contributed by atoms with Crippen LogP contribution in [0.15, 0.2) is 22.8 Å². The van der Waals surface area contributed by atoms with E-state index in [9.17, 15) is 4.79 Å². The molecule has 2 atom stereocenters. The molecule has 2 rings (SSSR count). The van der Waals surface area contributed by atoms with Crippen LogP contribution in [0.4, 0.5) is 0 Å². The Kier molecular flexibility index (Phi) is 2.06. The predicted octanol–water partition coefficient (Wildman–Crippen LogP) is 1.16. The second-order valence-corrected chi connectivity index (χ2v) is 3.20. The van der Waals surface area contributed by atoms with E-state index in [4.69, 9.17) is 9.52 Å². The Morgan fingerprint density at radius 3 is 3.00 bits per heavy atom. The molecule has 2 N–H and O–H groups in total. The lowest BCUT2D eigenvalue weighted by Crippen LogP contribution is -2.31. The van der Waals surface area contributed by atoms with Gasteiger partial charge in [-0.3, -0.25) is 10.1 Å². The molecule has 0 amide bonds. The first-order valence-electron chi connectivity index (χ1n) is 4.29. The summed E-state index contributed by atoms with van der Waals surface area (Å²) in [5.41, 5.74) is 0. The summed E-state index contributed by atoms with van der Waals surface area (Å²) >= 11 is 0. The first-order chi connectivity index (χ1) is 6.27. The SMILES string of the molecule is O=C(O)C1CCC(c2ccco2)N1. The summed E-state index contributed by atoms with van der Waals surface area (Å²) in [4.78, 5) is 10.6. The van der Waals surface area contributed by atoms with Crippen LogP contribution in [-0.2, 0) is 4.79 Å². The van der Waals surface area contributed by atoms with Gasteiger partial charge >= 0.3 is 5.97 Å². The molecule has 1 aromatic heterocycles. The normalized spacial score (nSPS) is 27.7. The fourth-order valence-electron chi connectivity index (χ4n) is 1.65. The Bertz CT molecular complexity index is 294. The summed E-state index contributed by atoms with van der Waals surface area (Å²) in [5, 5.41) is 11.7. The van der Waals surface area contributed by atoms with E-state index in [-0.39, 0.29) is 6.04 Å². The van der Waals surface area contributed by atoms with Crippen LogP contribution in [0.25, 0.3) is 0 Å². The largest absolute Gasteiger partial charge is 0.480 e. The van der Waals surface area contributed by atoms with E-state index >= 15 is 0 Å². The van der Waals surface area contributed by atoms with Crippen LogP contribution in [0.1, 0.15) is 24.6 Å². The van der Waals surface area contributed by atoms with E-state index in [1.807, 2.05) is 12.1 Å². The van der Waals surface area contributed by atoms with Crippen LogP contribution < -0.4 is 5.32 Å². The Labute approximate surface area is 75.6 Å². The topological polar surface area (TPSA) is 62.5 Å². The highest BCUT2D eigenvalue weighted by Gasteiger charge is 2.30. The number of aliphatic carboxylic acids is 1. The molecular weight excluding hydrogens is 170 g/mol. The third-order valence-electron chi connectivity index (χ3n) is 2.33. The molecule has 1 aliphatic heterocycles. The molecule has 1 saturated heterocycles. The molecule has 70 valence electrons. The second-order valence-electron chi connectivity index (χ2n) is 3.20. The van der Waals surface area contributed by atoms with Crippen molar-refractivity contribution in [2.75, 3.05) is 0 Å². The van der Waals surface area contributed by atoms with E-state index in [2.05, 4.69) is 5.32 Å². The van der Waals surface area contributed by atoms with Gasteiger partial charge in [-0.2, -0.15) is 0 Å². The third-order valence-corrected chi connectivity index (χ3v) is 2.33. The fourth-order valence-corrected chi connectivity index (χ4v) is 1.65. The van der Waals surface area contributed by atoms with Gasteiger partial charge in [-0.25, -0.2) is 0 Å². The molecule has 0 bridgehead atoms. The minimum atomic E-state index is -0.783. The molecule has 0 spiro atoms. The zero-order valence-corrected chi connectivity index (χ0v) is 7.06. The maximum atomic E-state index is 10.6. The highest BCUT2D eigenvalue weighted by atomic mass is 16.4. The van der Waals surface area contributed by atoms with Crippen molar-refractivity contribution in [2.45, 2.75) is 24.9 Å². The Morgan fingerprint density at radius 1 is 1.62 bits per heavy atom. The number of furan rings is 1. The molecular formula is C9H11NO3. The molecule has 4 nitrogen and oxygen atoms in total. The molecule has 1 fully saturated rings. The van der Waals surface area contributed by atoms with Gasteiger partial charge in [0.25, 0.3) is 0 Å². The van der Waals surface area contributed by atoms with Crippen molar-refractivity contribution >= 4 is 5.97 Å². The van der Waals surface area contributed by atoms with Crippen molar-refractivity contribution in [3.8, 4) is 0 Å². The third kappa shape index (κ3) is 1.58. The van der Waals surface area contributed by atoms with Gasteiger partial charge in [-0.1, -0.05) is 0 Å². The summed E-state index contributed by atoms with van der Waals surface area (Å²) in [5.74, 6) is 0.0396. The molecule has 2 unspecified atom stereocenters. The van der Waals surface area contributed by atoms with Gasteiger partial charge < -0.3 is 9.52 Å². The minimum absolute atomic E-state index is 0.0658. The summed E-state index contributed by atoms with van der Waals surface area (Å²) < 4.78 is 5.19. The molecule has 0 saturated carbocycles. The van der Waals surface area contributed by atoms with Crippen LogP contribution in [0.5, 0.6) is 0 Å². The summed E-state index contributed by atoms with van der Waals surface area (Å²) in [6.45, 7) is 0. The minimum Gasteiger partial charge on any atom is -0.480 e. The van der Waals surface area contributed by atoms with Gasteiger partial charge in [0, 0.05) is 0 Å². The highest BCUT2D eigenvalue weighted by molar-refractivity contribution is 5.73. The first kappa shape index (κ1) is 8.31. The number of nitrogens with one attached hydrogen (secondary N) is 1. The molecule has 13 heavy (non-hydrogen) atoms. The molecule has 0 aliphatic carbocycles. The molecule has 1 aromatic rings. The van der Waals surface area contributed by atoms with Crippen molar-refractivity contribution in [2.24, 2.45) is 0 Å². The molecule has 0 aromatic carbocycles. The summed E-state index contributed by atoms with van der Waals surface area (Å²) in [6, 6.07) is 3.32. The molecule has 1 aliphatic rings. The molecule has 2 heterocycles. The van der Waals surface area contributed by atoms with Crippen LogP contribution >= 0.6 is 0 Å². The summed E-state index contributed by atoms with van der Waals surface area (Å²) in [6.07, 6.45) is 3.09. The van der Waals surface area contributed by atoms with Crippen molar-refractivity contribution in [3.63, 3.8) is 0 Å². The van der Waals surface area contributed by atoms with Crippen molar-refractivity contribution in [3.05, 3.63) is 24.2 Å². The molecule has 0 radical (unpaired) electrons. The average molecular weight is 181 g/mol. The zero-order valence-electron chi connectivity index (χ0n) is 7.06. The average Bonchev–Trinajstić information content (AvgIpc) is 2.75. The fraction of sp³-hybridized carbons (Fsp3) is 0.444. The van der Waals surface area contributed by atoms with Gasteiger partial charge in [0.2, 0.25) is 0 Å². The van der Waals surface area contributed by atoms with Crippen molar-refractivity contribution in [1.29, 1.82) is 0 Å². The lowest BCUT2D eigenvalue weighted by molar-refractivity contribution is -0.139. The van der Waals surface area contributed by atoms with E-state index in [1.165, 1.54) is 0 Å². The molecule has 4 heteroatoms. The number of hydrogen-bond donors (Lipinski definition) is 2. The quantitative estimate of drug-likeness (QED) is 0.718. The zero-order chi connectivity index (χ0) is 9.26. The van der Waals surface area contributed by atoms with Gasteiger partial charge in [0.15, 0.2) is 0 Å². The van der Waals surface area contributed by atoms with Crippen molar-refractivity contribution in [1.82, 2.24) is 5.32 Å². The Morgan fingerprint density at radius 2 is 2.46 bits per heavy atom. The maximum absolute atomic E-state index is 10.6. The van der Waals surface area contributed by atoms with Crippen LogP contribution in [0.2, 0.25) is 0 Å². The number of hydrogen-bond acceptors (Lipinski definition) is 3. The van der Waals surface area contributed by atoms with Gasteiger partial charge in [-0.15, -0.1) is 0 Å². The lowest BCUT2D eigenvalue weighted by atomic mass is 10.1. The Balaban J connectivity index is 2.03. The van der Waals surface area contributed by atoms with Crippen LogP contribution in [0.3, 0.4) is 0 Å². The summed E-state index contributed by atoms with van der Waals surface area (Å²) in [7, 11) is 0. The van der Waals surface area contributed by atoms with E-state index < -0.39 is 12.0 Å². The van der Waals surface area contributed by atoms with E-state index in [0.717, 1.165) is 12.2 Å². The van der Waals surface area contributed by atoms with Crippen LogP contribution in [0, 0.1) is 0 Å². The first-order valence-corrected chi connectivity index (χ1v) is 4.29. The number of carboxylic acids is 1. The van der Waals surface area contributed by atoms with E-state index in [0.29, 0.717) is 6.42 Å². The highest BCUT2D eigenvalue weighted by Crippen LogP contribution is 2.26. The Hall–Kier alpha value is -1.29. The van der Waals surface area contributed by atoms with Gasteiger partial charge in [0.1, 0.15) is 11.8 Å².